The van der Waals surface area contributed by atoms with Gasteiger partial charge in [-0.15, -0.1) is 0 Å². The van der Waals surface area contributed by atoms with Crippen molar-refractivity contribution in [1.82, 2.24) is 4.31 Å². The third-order valence-electron chi connectivity index (χ3n) is 2.68. The van der Waals surface area contributed by atoms with E-state index in [1.807, 2.05) is 6.92 Å². The van der Waals surface area contributed by atoms with Gasteiger partial charge in [0.05, 0.1) is 11.5 Å². The molecule has 0 heterocycles. The van der Waals surface area contributed by atoms with Crippen molar-refractivity contribution in [3.63, 3.8) is 0 Å². The molecule has 2 N–H and O–H groups in total. The van der Waals surface area contributed by atoms with Crippen molar-refractivity contribution in [2.45, 2.75) is 24.7 Å². The number of nitrogens with zero attached hydrogens (tertiary/aromatic N) is 1. The van der Waals surface area contributed by atoms with Gasteiger partial charge in [-0.05, 0) is 43.7 Å². The molecule has 0 radical (unpaired) electrons. The zero-order chi connectivity index (χ0) is 14.3. The van der Waals surface area contributed by atoms with Crippen LogP contribution >= 0.6 is 0 Å². The molecule has 0 aliphatic heterocycles. The summed E-state index contributed by atoms with van der Waals surface area (Å²) in [4.78, 5) is 0.274. The lowest BCUT2D eigenvalue weighted by atomic mass is 10.3. The molecule has 0 aliphatic rings. The van der Waals surface area contributed by atoms with Gasteiger partial charge in [-0.2, -0.15) is 0 Å². The van der Waals surface area contributed by atoms with E-state index < -0.39 is 10.0 Å². The molecule has 0 aromatic heterocycles. The predicted octanol–water partition coefficient (Wildman–Crippen LogP) is 1.44. The van der Waals surface area contributed by atoms with E-state index in [-0.39, 0.29) is 4.90 Å². The van der Waals surface area contributed by atoms with Crippen molar-refractivity contribution in [2.75, 3.05) is 26.7 Å². The Balaban J connectivity index is 2.78. The Morgan fingerprint density at radius 3 is 2.42 bits per heavy atom. The summed E-state index contributed by atoms with van der Waals surface area (Å²) in [6.07, 6.45) is 1.56. The van der Waals surface area contributed by atoms with E-state index in [0.717, 1.165) is 6.42 Å². The Kier molecular flexibility index (Phi) is 6.27. The number of nitrogens with two attached hydrogens (primary N) is 1. The van der Waals surface area contributed by atoms with Gasteiger partial charge in [0, 0.05) is 13.6 Å². The fourth-order valence-electron chi connectivity index (χ4n) is 1.54. The van der Waals surface area contributed by atoms with Crippen LogP contribution in [0.15, 0.2) is 29.2 Å². The van der Waals surface area contributed by atoms with Gasteiger partial charge in [-0.25, -0.2) is 12.7 Å². The van der Waals surface area contributed by atoms with Crippen LogP contribution < -0.4 is 10.5 Å². The van der Waals surface area contributed by atoms with E-state index in [1.54, 1.807) is 31.3 Å². The summed E-state index contributed by atoms with van der Waals surface area (Å²) in [5, 5.41) is 0. The van der Waals surface area contributed by atoms with Crippen LogP contribution in [0.5, 0.6) is 5.75 Å². The van der Waals surface area contributed by atoms with Crippen molar-refractivity contribution < 1.29 is 13.2 Å². The Morgan fingerprint density at radius 2 is 1.89 bits per heavy atom. The SMILES string of the molecule is CCCOc1ccc(S(=O)(=O)N(C)CCCN)cc1. The summed E-state index contributed by atoms with van der Waals surface area (Å²) in [6.45, 7) is 3.55. The summed E-state index contributed by atoms with van der Waals surface area (Å²) in [5.74, 6) is 0.686. The molecule has 0 saturated carbocycles. The summed E-state index contributed by atoms with van der Waals surface area (Å²) in [6, 6.07) is 6.50. The molecule has 1 rings (SSSR count). The molecule has 1 aromatic carbocycles. The maximum Gasteiger partial charge on any atom is 0.242 e. The summed E-state index contributed by atoms with van der Waals surface area (Å²) in [5.41, 5.74) is 5.39. The molecule has 19 heavy (non-hydrogen) atoms. The van der Waals surface area contributed by atoms with Gasteiger partial charge < -0.3 is 10.5 Å². The van der Waals surface area contributed by atoms with E-state index in [2.05, 4.69) is 0 Å². The van der Waals surface area contributed by atoms with Gasteiger partial charge in [0.15, 0.2) is 0 Å². The Bertz CT molecular complexity index is 471. The third-order valence-corrected chi connectivity index (χ3v) is 4.55. The molecule has 5 nitrogen and oxygen atoms in total. The molecule has 1 aromatic rings. The molecule has 0 aliphatic carbocycles. The van der Waals surface area contributed by atoms with Crippen LogP contribution in [0.1, 0.15) is 19.8 Å². The molecular weight excluding hydrogens is 264 g/mol. The second-order valence-corrected chi connectivity index (χ2v) is 6.33. The number of hydrogen-bond acceptors (Lipinski definition) is 4. The van der Waals surface area contributed by atoms with Crippen LogP contribution in [0.3, 0.4) is 0 Å². The lowest BCUT2D eigenvalue weighted by molar-refractivity contribution is 0.317. The Labute approximate surface area is 115 Å². The number of sulfonamides is 1. The molecule has 0 unspecified atom stereocenters. The highest BCUT2D eigenvalue weighted by Crippen LogP contribution is 2.19. The third kappa shape index (κ3) is 4.49. The zero-order valence-electron chi connectivity index (χ0n) is 11.5. The van der Waals surface area contributed by atoms with Crippen molar-refractivity contribution in [3.05, 3.63) is 24.3 Å². The first-order chi connectivity index (χ1) is 9.02. The fraction of sp³-hybridized carbons (Fsp3) is 0.538. The zero-order valence-corrected chi connectivity index (χ0v) is 12.3. The standard InChI is InChI=1S/C13H22N2O3S/c1-3-11-18-12-5-7-13(8-6-12)19(16,17)15(2)10-4-9-14/h5-8H,3-4,9-11,14H2,1-2H3. The summed E-state index contributed by atoms with van der Waals surface area (Å²) in [7, 11) is -1.86. The summed E-state index contributed by atoms with van der Waals surface area (Å²) < 4.78 is 31.2. The smallest absolute Gasteiger partial charge is 0.242 e. The molecule has 0 atom stereocenters. The first-order valence-electron chi connectivity index (χ1n) is 6.41. The molecular formula is C13H22N2O3S. The predicted molar refractivity (Wildman–Crippen MR) is 75.7 cm³/mol. The minimum atomic E-state index is -3.43. The first kappa shape index (κ1) is 15.9. The van der Waals surface area contributed by atoms with Crippen LogP contribution in [0.2, 0.25) is 0 Å². The molecule has 0 fully saturated rings. The highest BCUT2D eigenvalue weighted by atomic mass is 32.2. The normalized spacial score (nSPS) is 11.8. The highest BCUT2D eigenvalue weighted by molar-refractivity contribution is 7.89. The van der Waals surface area contributed by atoms with Crippen LogP contribution in [-0.2, 0) is 10.0 Å². The quantitative estimate of drug-likeness (QED) is 0.785. The van der Waals surface area contributed by atoms with E-state index in [4.69, 9.17) is 10.5 Å². The molecule has 0 bridgehead atoms. The van der Waals surface area contributed by atoms with Gasteiger partial charge >= 0.3 is 0 Å². The molecule has 0 saturated heterocycles. The Hall–Kier alpha value is -1.11. The van der Waals surface area contributed by atoms with Crippen molar-refractivity contribution >= 4 is 10.0 Å². The average molecular weight is 286 g/mol. The van der Waals surface area contributed by atoms with Gasteiger partial charge in [0.25, 0.3) is 0 Å². The van der Waals surface area contributed by atoms with Gasteiger partial charge in [-0.3, -0.25) is 0 Å². The maximum absolute atomic E-state index is 12.2. The van der Waals surface area contributed by atoms with Crippen LogP contribution in [0, 0.1) is 0 Å². The monoisotopic (exact) mass is 286 g/mol. The second-order valence-electron chi connectivity index (χ2n) is 4.29. The topological polar surface area (TPSA) is 72.6 Å². The van der Waals surface area contributed by atoms with E-state index in [0.29, 0.717) is 31.9 Å². The number of benzene rings is 1. The van der Waals surface area contributed by atoms with Crippen molar-refractivity contribution in [3.8, 4) is 5.75 Å². The maximum atomic E-state index is 12.2. The summed E-state index contributed by atoms with van der Waals surface area (Å²) >= 11 is 0. The second kappa shape index (κ2) is 7.47. The highest BCUT2D eigenvalue weighted by Gasteiger charge is 2.19. The van der Waals surface area contributed by atoms with Gasteiger partial charge in [0.1, 0.15) is 5.75 Å². The Morgan fingerprint density at radius 1 is 1.26 bits per heavy atom. The molecule has 6 heteroatoms. The minimum Gasteiger partial charge on any atom is -0.494 e. The minimum absolute atomic E-state index is 0.274. The lowest BCUT2D eigenvalue weighted by Crippen LogP contribution is -2.29. The van der Waals surface area contributed by atoms with Crippen molar-refractivity contribution in [1.29, 1.82) is 0 Å². The first-order valence-corrected chi connectivity index (χ1v) is 7.85. The lowest BCUT2D eigenvalue weighted by Gasteiger charge is -2.17. The van der Waals surface area contributed by atoms with Crippen LogP contribution in [-0.4, -0.2) is 39.5 Å². The van der Waals surface area contributed by atoms with Gasteiger partial charge in [-0.1, -0.05) is 6.92 Å². The van der Waals surface area contributed by atoms with Crippen molar-refractivity contribution in [2.24, 2.45) is 5.73 Å². The van der Waals surface area contributed by atoms with Gasteiger partial charge in [0.2, 0.25) is 10.0 Å². The van der Waals surface area contributed by atoms with E-state index in [9.17, 15) is 8.42 Å². The van der Waals surface area contributed by atoms with E-state index >= 15 is 0 Å². The van der Waals surface area contributed by atoms with E-state index in [1.165, 1.54) is 4.31 Å². The molecule has 0 spiro atoms. The number of ether oxygens (including phenoxy) is 1. The van der Waals surface area contributed by atoms with Crippen LogP contribution in [0.25, 0.3) is 0 Å². The van der Waals surface area contributed by atoms with Crippen LogP contribution in [0.4, 0.5) is 0 Å². The average Bonchev–Trinajstić information content (AvgIpc) is 2.42. The number of hydrogen-bond donors (Lipinski definition) is 1. The fourth-order valence-corrected chi connectivity index (χ4v) is 2.75. The molecule has 108 valence electrons. The molecule has 0 amide bonds. The number of rotatable bonds is 8. The largest absolute Gasteiger partial charge is 0.494 e.